The molecule has 21 heavy (non-hydrogen) atoms. The molecule has 1 aliphatic rings. The average molecular weight is 293 g/mol. The zero-order valence-corrected chi connectivity index (χ0v) is 14.3. The Bertz CT molecular complexity index is 442. The number of aryl methyl sites for hydroxylation is 1. The third-order valence-corrected chi connectivity index (χ3v) is 4.70. The Hall–Kier alpha value is -0.940. The molecule has 1 aromatic rings. The van der Waals surface area contributed by atoms with E-state index in [1.807, 2.05) is 4.68 Å². The number of nitrogens with zero attached hydrogens (tertiary/aromatic N) is 4. The van der Waals surface area contributed by atoms with Crippen LogP contribution in [0.1, 0.15) is 53.3 Å². The molecule has 0 spiro atoms. The summed E-state index contributed by atoms with van der Waals surface area (Å²) in [5, 5.41) is 8.06. The second-order valence-electron chi connectivity index (χ2n) is 6.98. The Balaban J connectivity index is 2.12. The number of nitrogens with one attached hydrogen (secondary N) is 1. The van der Waals surface area contributed by atoms with Gasteiger partial charge in [0.1, 0.15) is 12.2 Å². The number of rotatable bonds is 6. The Labute approximate surface area is 129 Å². The average Bonchev–Trinajstić information content (AvgIpc) is 2.89. The lowest BCUT2D eigenvalue weighted by atomic mass is 9.90. The van der Waals surface area contributed by atoms with Crippen LogP contribution in [0, 0.1) is 5.92 Å². The molecule has 1 N–H and O–H groups in total. The molecule has 120 valence electrons. The fourth-order valence-electron chi connectivity index (χ4n) is 3.18. The van der Waals surface area contributed by atoms with Crippen molar-refractivity contribution in [2.75, 3.05) is 13.1 Å². The normalized spacial score (nSPS) is 27.4. The lowest BCUT2D eigenvalue weighted by Gasteiger charge is -2.46. The van der Waals surface area contributed by atoms with Gasteiger partial charge in [-0.15, -0.1) is 0 Å². The lowest BCUT2D eigenvalue weighted by Crippen LogP contribution is -2.62. The first-order chi connectivity index (χ1) is 9.97. The monoisotopic (exact) mass is 293 g/mol. The van der Waals surface area contributed by atoms with E-state index in [-0.39, 0.29) is 5.54 Å². The van der Waals surface area contributed by atoms with Gasteiger partial charge in [-0.05, 0) is 32.6 Å². The maximum Gasteiger partial charge on any atom is 0.141 e. The van der Waals surface area contributed by atoms with Gasteiger partial charge in [0.25, 0.3) is 0 Å². The Kier molecular flexibility index (Phi) is 5.38. The van der Waals surface area contributed by atoms with Crippen molar-refractivity contribution in [2.45, 2.75) is 72.1 Å². The molecule has 0 amide bonds. The highest BCUT2D eigenvalue weighted by Gasteiger charge is 2.35. The van der Waals surface area contributed by atoms with Crippen molar-refractivity contribution in [3.63, 3.8) is 0 Å². The van der Waals surface area contributed by atoms with Crippen molar-refractivity contribution in [3.8, 4) is 0 Å². The zero-order chi connectivity index (χ0) is 15.5. The standard InChI is InChI=1S/C16H31N5/c1-6-16(5)11-20(14(9-18-16)8-13(3)4)10-15-17-12-19-21(15)7-2/h12-14,18H,6-11H2,1-5H3. The number of hydrogen-bond donors (Lipinski definition) is 1. The topological polar surface area (TPSA) is 46.0 Å². The summed E-state index contributed by atoms with van der Waals surface area (Å²) in [6, 6.07) is 0.589. The molecule has 1 saturated heterocycles. The predicted octanol–water partition coefficient (Wildman–Crippen LogP) is 2.29. The minimum Gasteiger partial charge on any atom is -0.309 e. The van der Waals surface area contributed by atoms with Crippen molar-refractivity contribution in [2.24, 2.45) is 5.92 Å². The van der Waals surface area contributed by atoms with Crippen molar-refractivity contribution in [3.05, 3.63) is 12.2 Å². The minimum absolute atomic E-state index is 0.213. The second kappa shape index (κ2) is 6.88. The van der Waals surface area contributed by atoms with Gasteiger partial charge < -0.3 is 5.32 Å². The molecule has 2 heterocycles. The van der Waals surface area contributed by atoms with Crippen molar-refractivity contribution in [1.29, 1.82) is 0 Å². The third-order valence-electron chi connectivity index (χ3n) is 4.70. The molecule has 2 rings (SSSR count). The maximum absolute atomic E-state index is 4.46. The highest BCUT2D eigenvalue weighted by atomic mass is 15.4. The minimum atomic E-state index is 0.213. The molecule has 2 atom stereocenters. The quantitative estimate of drug-likeness (QED) is 0.874. The second-order valence-corrected chi connectivity index (χ2v) is 6.98. The molecule has 5 heteroatoms. The summed E-state index contributed by atoms with van der Waals surface area (Å²) in [7, 11) is 0. The van der Waals surface area contributed by atoms with Crippen molar-refractivity contribution < 1.29 is 0 Å². The van der Waals surface area contributed by atoms with Crippen LogP contribution in [0.2, 0.25) is 0 Å². The van der Waals surface area contributed by atoms with E-state index < -0.39 is 0 Å². The lowest BCUT2D eigenvalue weighted by molar-refractivity contribution is 0.0631. The Morgan fingerprint density at radius 2 is 2.19 bits per heavy atom. The molecule has 0 radical (unpaired) electrons. The van der Waals surface area contributed by atoms with Crippen LogP contribution in [0.3, 0.4) is 0 Å². The zero-order valence-electron chi connectivity index (χ0n) is 14.3. The first-order valence-corrected chi connectivity index (χ1v) is 8.33. The van der Waals surface area contributed by atoms with Gasteiger partial charge in [-0.25, -0.2) is 9.67 Å². The van der Waals surface area contributed by atoms with Crippen LogP contribution in [-0.4, -0.2) is 44.3 Å². The highest BCUT2D eigenvalue weighted by Crippen LogP contribution is 2.24. The molecule has 1 fully saturated rings. The fourth-order valence-corrected chi connectivity index (χ4v) is 3.18. The molecule has 0 bridgehead atoms. The largest absolute Gasteiger partial charge is 0.309 e. The van der Waals surface area contributed by atoms with E-state index in [4.69, 9.17) is 0 Å². The van der Waals surface area contributed by atoms with E-state index in [1.54, 1.807) is 6.33 Å². The summed E-state index contributed by atoms with van der Waals surface area (Å²) in [5.74, 6) is 1.81. The van der Waals surface area contributed by atoms with E-state index >= 15 is 0 Å². The van der Waals surface area contributed by atoms with Gasteiger partial charge in [-0.3, -0.25) is 4.90 Å². The molecular formula is C16H31N5. The summed E-state index contributed by atoms with van der Waals surface area (Å²) >= 11 is 0. The predicted molar refractivity (Wildman–Crippen MR) is 86.0 cm³/mol. The SMILES string of the molecule is CCn1ncnc1CN1CC(C)(CC)NCC1CC(C)C. The van der Waals surface area contributed by atoms with Crippen molar-refractivity contribution >= 4 is 0 Å². The first kappa shape index (κ1) is 16.4. The van der Waals surface area contributed by atoms with Crippen LogP contribution in [-0.2, 0) is 13.1 Å². The van der Waals surface area contributed by atoms with E-state index in [2.05, 4.69) is 54.9 Å². The molecule has 0 aromatic carbocycles. The van der Waals surface area contributed by atoms with Gasteiger partial charge in [0.05, 0.1) is 6.54 Å². The third kappa shape index (κ3) is 4.04. The van der Waals surface area contributed by atoms with E-state index in [0.717, 1.165) is 38.4 Å². The molecule has 0 saturated carbocycles. The molecule has 0 aliphatic carbocycles. The highest BCUT2D eigenvalue weighted by molar-refractivity contribution is 4.97. The summed E-state index contributed by atoms with van der Waals surface area (Å²) in [5.41, 5.74) is 0.213. The Morgan fingerprint density at radius 3 is 2.81 bits per heavy atom. The Morgan fingerprint density at radius 1 is 1.43 bits per heavy atom. The van der Waals surface area contributed by atoms with Crippen molar-refractivity contribution in [1.82, 2.24) is 25.0 Å². The van der Waals surface area contributed by atoms with Gasteiger partial charge in [0, 0.05) is 31.2 Å². The number of aromatic nitrogens is 3. The van der Waals surface area contributed by atoms with Crippen LogP contribution < -0.4 is 5.32 Å². The maximum atomic E-state index is 4.46. The van der Waals surface area contributed by atoms with Gasteiger partial charge >= 0.3 is 0 Å². The van der Waals surface area contributed by atoms with Gasteiger partial charge in [-0.1, -0.05) is 20.8 Å². The van der Waals surface area contributed by atoms with Crippen LogP contribution in [0.5, 0.6) is 0 Å². The van der Waals surface area contributed by atoms with Gasteiger partial charge in [-0.2, -0.15) is 5.10 Å². The van der Waals surface area contributed by atoms with E-state index in [0.29, 0.717) is 12.0 Å². The number of hydrogen-bond acceptors (Lipinski definition) is 4. The van der Waals surface area contributed by atoms with Crippen LogP contribution in [0.15, 0.2) is 6.33 Å². The van der Waals surface area contributed by atoms with Gasteiger partial charge in [0.15, 0.2) is 0 Å². The molecule has 5 nitrogen and oxygen atoms in total. The smallest absolute Gasteiger partial charge is 0.141 e. The molecule has 1 aliphatic heterocycles. The molecular weight excluding hydrogens is 262 g/mol. The summed E-state index contributed by atoms with van der Waals surface area (Å²) in [6.45, 7) is 15.3. The first-order valence-electron chi connectivity index (χ1n) is 8.33. The van der Waals surface area contributed by atoms with Crippen LogP contribution in [0.4, 0.5) is 0 Å². The molecule has 2 unspecified atom stereocenters. The van der Waals surface area contributed by atoms with E-state index in [9.17, 15) is 0 Å². The molecule has 1 aromatic heterocycles. The number of piperazine rings is 1. The van der Waals surface area contributed by atoms with Crippen LogP contribution in [0.25, 0.3) is 0 Å². The fraction of sp³-hybridized carbons (Fsp3) is 0.875. The van der Waals surface area contributed by atoms with Gasteiger partial charge in [0.2, 0.25) is 0 Å². The van der Waals surface area contributed by atoms with E-state index in [1.165, 1.54) is 6.42 Å². The summed E-state index contributed by atoms with van der Waals surface area (Å²) in [4.78, 5) is 7.07. The summed E-state index contributed by atoms with van der Waals surface area (Å²) < 4.78 is 2.01. The summed E-state index contributed by atoms with van der Waals surface area (Å²) in [6.07, 6.45) is 4.06. The van der Waals surface area contributed by atoms with Crippen LogP contribution >= 0.6 is 0 Å².